The van der Waals surface area contributed by atoms with Gasteiger partial charge < -0.3 is 10.3 Å². The smallest absolute Gasteiger partial charge is 0.267 e. The van der Waals surface area contributed by atoms with Gasteiger partial charge in [0.2, 0.25) is 0 Å². The van der Waals surface area contributed by atoms with Crippen LogP contribution in [0, 0.1) is 0 Å². The summed E-state index contributed by atoms with van der Waals surface area (Å²) in [5.41, 5.74) is 1.02. The summed E-state index contributed by atoms with van der Waals surface area (Å²) in [7, 11) is 0. The Kier molecular flexibility index (Phi) is 6.43. The van der Waals surface area contributed by atoms with Crippen molar-refractivity contribution in [2.24, 2.45) is 5.84 Å². The third kappa shape index (κ3) is 5.05. The molecular formula is C23H19ClN6O3. The van der Waals surface area contributed by atoms with Crippen molar-refractivity contribution in [1.29, 1.82) is 0 Å². The first-order chi connectivity index (χ1) is 15.9. The fraction of sp³-hybridized carbons (Fsp3) is 0.0870. The molecule has 33 heavy (non-hydrogen) atoms. The fourth-order valence-corrected chi connectivity index (χ4v) is 3.39. The van der Waals surface area contributed by atoms with Crippen molar-refractivity contribution in [1.82, 2.24) is 20.0 Å². The van der Waals surface area contributed by atoms with Crippen LogP contribution in [0.2, 0.25) is 5.02 Å². The second kappa shape index (κ2) is 9.60. The number of nitrogens with two attached hydrogens (primary N) is 1. The Labute approximate surface area is 193 Å². The number of carbonyl (C=O) groups excluding carboxylic acids is 2. The van der Waals surface area contributed by atoms with Crippen molar-refractivity contribution >= 4 is 40.1 Å². The molecule has 0 saturated carbocycles. The van der Waals surface area contributed by atoms with Gasteiger partial charge in [0.15, 0.2) is 0 Å². The molecule has 2 aromatic carbocycles. The number of amides is 2. The van der Waals surface area contributed by atoms with Crippen LogP contribution in [0.25, 0.3) is 11.0 Å². The van der Waals surface area contributed by atoms with E-state index in [1.54, 1.807) is 0 Å². The molecule has 9 nitrogen and oxygen atoms in total. The van der Waals surface area contributed by atoms with Gasteiger partial charge in [-0.25, -0.2) is 15.8 Å². The first-order valence-corrected chi connectivity index (χ1v) is 10.3. The number of benzene rings is 2. The van der Waals surface area contributed by atoms with Gasteiger partial charge in [-0.2, -0.15) is 0 Å². The fourth-order valence-electron chi connectivity index (χ4n) is 3.22. The van der Waals surface area contributed by atoms with Gasteiger partial charge in [0, 0.05) is 23.7 Å². The lowest BCUT2D eigenvalue weighted by molar-refractivity contribution is 0.0757. The summed E-state index contributed by atoms with van der Waals surface area (Å²) >= 11 is 6.21. The van der Waals surface area contributed by atoms with Crippen LogP contribution in [0.15, 0.2) is 71.9 Å². The van der Waals surface area contributed by atoms with Gasteiger partial charge in [0.1, 0.15) is 17.5 Å². The Bertz CT molecular complexity index is 1390. The zero-order chi connectivity index (χ0) is 23.4. The number of aromatic nitrogens is 3. The molecule has 0 fully saturated rings. The molecule has 2 amide bonds. The van der Waals surface area contributed by atoms with E-state index in [0.29, 0.717) is 24.0 Å². The molecule has 4 rings (SSSR count). The zero-order valence-electron chi connectivity index (χ0n) is 17.3. The van der Waals surface area contributed by atoms with Crippen LogP contribution in [0.5, 0.6) is 0 Å². The largest absolute Gasteiger partial charge is 0.320 e. The van der Waals surface area contributed by atoms with Crippen LogP contribution in [0.3, 0.4) is 0 Å². The van der Waals surface area contributed by atoms with E-state index in [4.69, 9.17) is 17.4 Å². The van der Waals surface area contributed by atoms with E-state index in [2.05, 4.69) is 20.3 Å². The molecule has 4 N–H and O–H groups in total. The maximum absolute atomic E-state index is 12.8. The standard InChI is InChI=1S/C23H19ClN6O3/c24-18-7-6-15(23(33)30(25)9-8-14-4-2-1-3-5-14)11-19(18)28-21(31)17-10-16-12-26-13-27-20(16)29-22(17)32/h1-7,10-13H,8-9,25H2,(H,28,31)(H,26,27,29,32). The van der Waals surface area contributed by atoms with E-state index in [-0.39, 0.29) is 21.8 Å². The topological polar surface area (TPSA) is 134 Å². The monoisotopic (exact) mass is 462 g/mol. The van der Waals surface area contributed by atoms with Gasteiger partial charge in [-0.3, -0.25) is 19.4 Å². The van der Waals surface area contributed by atoms with Gasteiger partial charge in [0.05, 0.1) is 10.7 Å². The number of halogens is 1. The van der Waals surface area contributed by atoms with Crippen LogP contribution < -0.4 is 16.7 Å². The number of carbonyl (C=O) groups is 2. The van der Waals surface area contributed by atoms with E-state index in [1.807, 2.05) is 30.3 Å². The second-order valence-corrected chi connectivity index (χ2v) is 7.63. The van der Waals surface area contributed by atoms with Crippen molar-refractivity contribution in [3.05, 3.63) is 99.2 Å². The normalized spacial score (nSPS) is 10.7. The third-order valence-corrected chi connectivity index (χ3v) is 5.30. The van der Waals surface area contributed by atoms with Crippen LogP contribution >= 0.6 is 11.6 Å². The average molecular weight is 463 g/mol. The molecule has 0 radical (unpaired) electrons. The molecule has 0 bridgehead atoms. The van der Waals surface area contributed by atoms with Crippen molar-refractivity contribution < 1.29 is 9.59 Å². The summed E-state index contributed by atoms with van der Waals surface area (Å²) in [5, 5.41) is 4.38. The maximum atomic E-state index is 12.8. The molecule has 4 aromatic rings. The van der Waals surface area contributed by atoms with Gasteiger partial charge in [-0.15, -0.1) is 0 Å². The Balaban J connectivity index is 1.51. The highest BCUT2D eigenvalue weighted by molar-refractivity contribution is 6.34. The van der Waals surface area contributed by atoms with Gasteiger partial charge in [-0.05, 0) is 36.2 Å². The van der Waals surface area contributed by atoms with Crippen molar-refractivity contribution in [3.8, 4) is 0 Å². The van der Waals surface area contributed by atoms with Crippen LogP contribution in [-0.4, -0.2) is 38.3 Å². The Morgan fingerprint density at radius 2 is 1.91 bits per heavy atom. The number of hydrogen-bond donors (Lipinski definition) is 3. The number of hydrogen-bond acceptors (Lipinski definition) is 6. The summed E-state index contributed by atoms with van der Waals surface area (Å²) in [4.78, 5) is 48.2. The van der Waals surface area contributed by atoms with Crippen LogP contribution in [0.1, 0.15) is 26.3 Å². The van der Waals surface area contributed by atoms with Crippen molar-refractivity contribution in [2.75, 3.05) is 11.9 Å². The third-order valence-electron chi connectivity index (χ3n) is 4.97. The molecule has 166 valence electrons. The Hall–Kier alpha value is -4.08. The molecular weight excluding hydrogens is 444 g/mol. The van der Waals surface area contributed by atoms with E-state index < -0.39 is 17.4 Å². The summed E-state index contributed by atoms with van der Waals surface area (Å²) in [5.74, 6) is 4.83. The van der Waals surface area contributed by atoms with E-state index in [9.17, 15) is 14.4 Å². The number of H-pyrrole nitrogens is 1. The van der Waals surface area contributed by atoms with E-state index >= 15 is 0 Å². The average Bonchev–Trinajstić information content (AvgIpc) is 2.83. The molecule has 0 spiro atoms. The van der Waals surface area contributed by atoms with Crippen LogP contribution in [-0.2, 0) is 6.42 Å². The van der Waals surface area contributed by atoms with Gasteiger partial charge in [-0.1, -0.05) is 41.9 Å². The lowest BCUT2D eigenvalue weighted by Crippen LogP contribution is -2.39. The molecule has 2 aromatic heterocycles. The van der Waals surface area contributed by atoms with E-state index in [1.165, 1.54) is 36.8 Å². The van der Waals surface area contributed by atoms with E-state index in [0.717, 1.165) is 10.6 Å². The SMILES string of the molecule is NN(CCc1ccccc1)C(=O)c1ccc(Cl)c(NC(=O)c2cc3cncnc3[nH]c2=O)c1. The van der Waals surface area contributed by atoms with Gasteiger partial charge >= 0.3 is 0 Å². The molecule has 0 atom stereocenters. The predicted octanol–water partition coefficient (Wildman–Crippen LogP) is 2.78. The first kappa shape index (κ1) is 22.1. The number of anilines is 1. The summed E-state index contributed by atoms with van der Waals surface area (Å²) < 4.78 is 0. The number of nitrogens with zero attached hydrogens (tertiary/aromatic N) is 3. The summed E-state index contributed by atoms with van der Waals surface area (Å²) in [6, 6.07) is 15.5. The highest BCUT2D eigenvalue weighted by atomic mass is 35.5. The highest BCUT2D eigenvalue weighted by Gasteiger charge is 2.18. The minimum absolute atomic E-state index is 0.145. The molecule has 0 aliphatic carbocycles. The molecule has 0 aliphatic rings. The Morgan fingerprint density at radius 1 is 1.12 bits per heavy atom. The highest BCUT2D eigenvalue weighted by Crippen LogP contribution is 2.24. The molecule has 0 aliphatic heterocycles. The summed E-state index contributed by atoms with van der Waals surface area (Å²) in [6.45, 7) is 0.307. The number of aromatic amines is 1. The molecule has 0 unspecified atom stereocenters. The minimum Gasteiger partial charge on any atom is -0.320 e. The number of fused-ring (bicyclic) bond motifs is 1. The summed E-state index contributed by atoms with van der Waals surface area (Å²) in [6.07, 6.45) is 3.36. The zero-order valence-corrected chi connectivity index (χ0v) is 18.0. The quantitative estimate of drug-likeness (QED) is 0.229. The molecule has 2 heterocycles. The van der Waals surface area contributed by atoms with Gasteiger partial charge in [0.25, 0.3) is 17.4 Å². The van der Waals surface area contributed by atoms with Crippen LogP contribution in [0.4, 0.5) is 5.69 Å². The Morgan fingerprint density at radius 3 is 2.70 bits per heavy atom. The number of rotatable bonds is 6. The lowest BCUT2D eigenvalue weighted by Gasteiger charge is -2.17. The lowest BCUT2D eigenvalue weighted by atomic mass is 10.1. The van der Waals surface area contributed by atoms with Crippen molar-refractivity contribution in [2.45, 2.75) is 6.42 Å². The maximum Gasteiger partial charge on any atom is 0.267 e. The first-order valence-electron chi connectivity index (χ1n) is 9.97. The minimum atomic E-state index is -0.692. The number of nitrogens with one attached hydrogen (secondary N) is 2. The second-order valence-electron chi connectivity index (χ2n) is 7.22. The number of pyridine rings is 1. The molecule has 10 heteroatoms. The predicted molar refractivity (Wildman–Crippen MR) is 125 cm³/mol. The van der Waals surface area contributed by atoms with Crippen molar-refractivity contribution in [3.63, 3.8) is 0 Å². The molecule has 0 saturated heterocycles. The number of hydrazine groups is 1.